The fraction of sp³-hybridized carbons (Fsp3) is 0. The molecule has 0 aliphatic carbocycles. The maximum absolute atomic E-state index is 6.60. The molecule has 0 unspecified atom stereocenters. The standard InChI is InChI=1S/C45H28N2O2/c1-2-11-34(12-3-1)47(35-23-19-29(20-24-35)32-21-25-39-38-15-6-7-16-41(38)48-42(39)28-32)36-13-8-10-33(27-36)45-46-40-26-22-31-18-17-30-9-4-5-14-37(30)43(31)44(40)49-45/h1-28H. The quantitative estimate of drug-likeness (QED) is 0.178. The molecular formula is C45H28N2O2. The van der Waals surface area contributed by atoms with Crippen molar-refractivity contribution >= 4 is 71.6 Å². The van der Waals surface area contributed by atoms with Crippen molar-refractivity contribution in [1.82, 2.24) is 4.98 Å². The lowest BCUT2D eigenvalue weighted by Gasteiger charge is -2.26. The van der Waals surface area contributed by atoms with Crippen molar-refractivity contribution in [3.63, 3.8) is 0 Å². The zero-order chi connectivity index (χ0) is 32.3. The largest absolute Gasteiger partial charge is 0.456 e. The summed E-state index contributed by atoms with van der Waals surface area (Å²) in [5.74, 6) is 0.599. The van der Waals surface area contributed by atoms with Crippen molar-refractivity contribution in [2.45, 2.75) is 0 Å². The Morgan fingerprint density at radius 3 is 2.00 bits per heavy atom. The molecule has 0 aliphatic heterocycles. The number of hydrogen-bond donors (Lipinski definition) is 0. The van der Waals surface area contributed by atoms with Crippen LogP contribution in [-0.2, 0) is 0 Å². The summed E-state index contributed by atoms with van der Waals surface area (Å²) < 4.78 is 12.8. The van der Waals surface area contributed by atoms with E-state index in [4.69, 9.17) is 13.8 Å². The van der Waals surface area contributed by atoms with Gasteiger partial charge in [-0.25, -0.2) is 4.98 Å². The van der Waals surface area contributed by atoms with E-state index < -0.39 is 0 Å². The van der Waals surface area contributed by atoms with Crippen LogP contribution in [0.5, 0.6) is 0 Å². The van der Waals surface area contributed by atoms with Crippen molar-refractivity contribution in [3.05, 3.63) is 170 Å². The molecule has 4 nitrogen and oxygen atoms in total. The van der Waals surface area contributed by atoms with Gasteiger partial charge in [0.1, 0.15) is 16.7 Å². The molecule has 230 valence electrons. The Balaban J connectivity index is 1.05. The second kappa shape index (κ2) is 11.0. The number of nitrogens with zero attached hydrogens (tertiary/aromatic N) is 2. The van der Waals surface area contributed by atoms with Gasteiger partial charge in [0.25, 0.3) is 0 Å². The van der Waals surface area contributed by atoms with Crippen LogP contribution in [0.25, 0.3) is 77.2 Å². The van der Waals surface area contributed by atoms with Gasteiger partial charge in [0.15, 0.2) is 5.58 Å². The molecule has 0 fully saturated rings. The molecule has 0 spiro atoms. The van der Waals surface area contributed by atoms with Gasteiger partial charge in [-0.15, -0.1) is 0 Å². The Morgan fingerprint density at radius 1 is 0.408 bits per heavy atom. The van der Waals surface area contributed by atoms with Crippen LogP contribution in [0, 0.1) is 0 Å². The lowest BCUT2D eigenvalue weighted by molar-refractivity contribution is 0.623. The minimum Gasteiger partial charge on any atom is -0.456 e. The molecule has 49 heavy (non-hydrogen) atoms. The van der Waals surface area contributed by atoms with E-state index >= 15 is 0 Å². The first-order valence-corrected chi connectivity index (χ1v) is 16.5. The fourth-order valence-electron chi connectivity index (χ4n) is 7.11. The number of aromatic nitrogens is 1. The average molecular weight is 629 g/mol. The Bertz CT molecular complexity index is 2830. The summed E-state index contributed by atoms with van der Waals surface area (Å²) in [5, 5.41) is 6.85. The van der Waals surface area contributed by atoms with Crippen LogP contribution in [-0.4, -0.2) is 4.98 Å². The number of benzene rings is 8. The lowest BCUT2D eigenvalue weighted by Crippen LogP contribution is -2.09. The van der Waals surface area contributed by atoms with Crippen LogP contribution in [0.1, 0.15) is 0 Å². The molecule has 0 radical (unpaired) electrons. The molecule has 0 atom stereocenters. The van der Waals surface area contributed by atoms with E-state index in [1.54, 1.807) is 0 Å². The van der Waals surface area contributed by atoms with Crippen molar-refractivity contribution in [2.75, 3.05) is 4.90 Å². The predicted octanol–water partition coefficient (Wildman–Crippen LogP) is 12.8. The van der Waals surface area contributed by atoms with Gasteiger partial charge >= 0.3 is 0 Å². The van der Waals surface area contributed by atoms with Gasteiger partial charge in [-0.2, -0.15) is 0 Å². The van der Waals surface area contributed by atoms with Crippen LogP contribution in [0.4, 0.5) is 17.1 Å². The monoisotopic (exact) mass is 628 g/mol. The smallest absolute Gasteiger partial charge is 0.227 e. The first-order chi connectivity index (χ1) is 24.3. The Labute approximate surface area is 282 Å². The molecule has 2 heterocycles. The molecule has 0 amide bonds. The van der Waals surface area contributed by atoms with E-state index in [1.165, 1.54) is 10.8 Å². The average Bonchev–Trinajstić information content (AvgIpc) is 3.77. The Morgan fingerprint density at radius 2 is 1.10 bits per heavy atom. The molecule has 4 heteroatoms. The molecule has 10 aromatic rings. The van der Waals surface area contributed by atoms with E-state index in [0.717, 1.165) is 77.6 Å². The van der Waals surface area contributed by atoms with E-state index in [2.05, 4.69) is 150 Å². The van der Waals surface area contributed by atoms with Crippen molar-refractivity contribution in [3.8, 4) is 22.6 Å². The zero-order valence-electron chi connectivity index (χ0n) is 26.4. The van der Waals surface area contributed by atoms with Gasteiger partial charge in [-0.1, -0.05) is 103 Å². The fourth-order valence-corrected chi connectivity index (χ4v) is 7.11. The minimum atomic E-state index is 0.599. The minimum absolute atomic E-state index is 0.599. The zero-order valence-corrected chi connectivity index (χ0v) is 26.4. The first-order valence-electron chi connectivity index (χ1n) is 16.5. The van der Waals surface area contributed by atoms with Gasteiger partial charge < -0.3 is 13.7 Å². The number of furan rings is 1. The Hall–Kier alpha value is -6.65. The summed E-state index contributed by atoms with van der Waals surface area (Å²) in [4.78, 5) is 7.24. The summed E-state index contributed by atoms with van der Waals surface area (Å²) in [6, 6.07) is 59.1. The van der Waals surface area contributed by atoms with E-state index in [1.807, 2.05) is 24.3 Å². The van der Waals surface area contributed by atoms with Crippen molar-refractivity contribution < 1.29 is 8.83 Å². The summed E-state index contributed by atoms with van der Waals surface area (Å²) in [7, 11) is 0. The number of para-hydroxylation sites is 2. The predicted molar refractivity (Wildman–Crippen MR) is 202 cm³/mol. The second-order valence-electron chi connectivity index (χ2n) is 12.4. The van der Waals surface area contributed by atoms with Crippen LogP contribution < -0.4 is 4.90 Å². The molecule has 0 N–H and O–H groups in total. The number of rotatable bonds is 5. The molecule has 8 aromatic carbocycles. The maximum atomic E-state index is 6.60. The summed E-state index contributed by atoms with van der Waals surface area (Å²) >= 11 is 0. The van der Waals surface area contributed by atoms with Crippen molar-refractivity contribution in [1.29, 1.82) is 0 Å². The molecule has 0 saturated carbocycles. The van der Waals surface area contributed by atoms with Crippen molar-refractivity contribution in [2.24, 2.45) is 0 Å². The third kappa shape index (κ3) is 4.57. The van der Waals surface area contributed by atoms with E-state index in [9.17, 15) is 0 Å². The number of oxazole rings is 1. The van der Waals surface area contributed by atoms with Gasteiger partial charge in [-0.3, -0.25) is 0 Å². The number of hydrogen-bond acceptors (Lipinski definition) is 4. The molecule has 0 bridgehead atoms. The third-order valence-corrected chi connectivity index (χ3v) is 9.47. The summed E-state index contributed by atoms with van der Waals surface area (Å²) in [6.07, 6.45) is 0. The number of anilines is 3. The van der Waals surface area contributed by atoms with Crippen LogP contribution in [0.15, 0.2) is 179 Å². The van der Waals surface area contributed by atoms with Gasteiger partial charge in [-0.05, 0) is 94.0 Å². The van der Waals surface area contributed by atoms with Crippen LogP contribution in [0.2, 0.25) is 0 Å². The Kier molecular flexibility index (Phi) is 6.15. The highest BCUT2D eigenvalue weighted by Gasteiger charge is 2.17. The first kappa shape index (κ1) is 27.5. The topological polar surface area (TPSA) is 42.4 Å². The molecular weight excluding hydrogens is 601 g/mol. The lowest BCUT2D eigenvalue weighted by atomic mass is 10.0. The normalized spacial score (nSPS) is 11.7. The van der Waals surface area contributed by atoms with Gasteiger partial charge in [0, 0.05) is 38.8 Å². The highest BCUT2D eigenvalue weighted by molar-refractivity contribution is 6.18. The highest BCUT2D eigenvalue weighted by Crippen LogP contribution is 2.40. The summed E-state index contributed by atoms with van der Waals surface area (Å²) in [6.45, 7) is 0. The molecule has 0 saturated heterocycles. The molecule has 10 rings (SSSR count). The maximum Gasteiger partial charge on any atom is 0.227 e. The van der Waals surface area contributed by atoms with Crippen LogP contribution >= 0.6 is 0 Å². The molecule has 2 aromatic heterocycles. The SMILES string of the molecule is c1ccc(N(c2ccc(-c3ccc4c(c3)oc3ccccc34)cc2)c2cccc(-c3nc4ccc5ccc6ccccc6c5c4o3)c2)cc1. The van der Waals surface area contributed by atoms with Gasteiger partial charge in [0.2, 0.25) is 5.89 Å². The van der Waals surface area contributed by atoms with E-state index in [0.29, 0.717) is 5.89 Å². The second-order valence-corrected chi connectivity index (χ2v) is 12.4. The van der Waals surface area contributed by atoms with Gasteiger partial charge in [0.05, 0.1) is 0 Å². The van der Waals surface area contributed by atoms with E-state index in [-0.39, 0.29) is 0 Å². The number of fused-ring (bicyclic) bond motifs is 8. The highest BCUT2D eigenvalue weighted by atomic mass is 16.3. The summed E-state index contributed by atoms with van der Waals surface area (Å²) in [5.41, 5.74) is 9.74. The third-order valence-electron chi connectivity index (χ3n) is 9.47. The molecule has 0 aliphatic rings. The van der Waals surface area contributed by atoms with Crippen LogP contribution in [0.3, 0.4) is 0 Å².